The fraction of sp³-hybridized carbons (Fsp3) is 0.583. The highest BCUT2D eigenvalue weighted by atomic mass is 32.2. The number of carbonyl (C=O) groups is 1. The number of anilines is 1. The zero-order valence-electron chi connectivity index (χ0n) is 10.5. The molecular weight excluding hydrogens is 250 g/mol. The average Bonchev–Trinajstić information content (AvgIpc) is 2.27. The predicted octanol–water partition coefficient (Wildman–Crippen LogP) is 1.46. The van der Waals surface area contributed by atoms with Gasteiger partial charge in [-0.05, 0) is 18.6 Å². The number of thioether (sulfide) groups is 1. The van der Waals surface area contributed by atoms with Crippen LogP contribution in [0.25, 0.3) is 0 Å². The second-order valence-corrected chi connectivity index (χ2v) is 6.98. The molecule has 1 saturated heterocycles. The van der Waals surface area contributed by atoms with Crippen LogP contribution in [0, 0.1) is 5.92 Å². The lowest BCUT2D eigenvalue weighted by molar-refractivity contribution is 0.0899. The van der Waals surface area contributed by atoms with Crippen molar-refractivity contribution in [2.24, 2.45) is 5.92 Å². The number of nitrogens with one attached hydrogen (secondary N) is 1. The first-order valence-corrected chi connectivity index (χ1v) is 6.90. The Hall–Kier alpha value is -1.30. The summed E-state index contributed by atoms with van der Waals surface area (Å²) in [5.74, 6) is 0.782. The Morgan fingerprint density at radius 3 is 2.94 bits per heavy atom. The topological polar surface area (TPSA) is 88.8 Å². The highest BCUT2D eigenvalue weighted by Gasteiger charge is 2.33. The minimum absolute atomic E-state index is 0.0380. The Morgan fingerprint density at radius 2 is 2.33 bits per heavy atom. The molecule has 0 aromatic carbocycles. The van der Waals surface area contributed by atoms with E-state index in [1.807, 2.05) is 11.8 Å². The molecule has 2 heterocycles. The smallest absolute Gasteiger partial charge is 0.263 e. The van der Waals surface area contributed by atoms with Crippen LogP contribution >= 0.6 is 11.8 Å². The number of aromatic amines is 1. The van der Waals surface area contributed by atoms with E-state index >= 15 is 0 Å². The molecule has 0 saturated carbocycles. The third-order valence-electron chi connectivity index (χ3n) is 3.15. The highest BCUT2D eigenvalue weighted by Crippen LogP contribution is 2.39. The summed E-state index contributed by atoms with van der Waals surface area (Å²) in [6.45, 7) is 4.26. The van der Waals surface area contributed by atoms with Crippen LogP contribution in [-0.4, -0.2) is 26.3 Å². The lowest BCUT2D eigenvalue weighted by Crippen LogP contribution is -2.33. The molecule has 0 bridgehead atoms. The van der Waals surface area contributed by atoms with Crippen molar-refractivity contribution in [1.82, 2.24) is 9.97 Å². The van der Waals surface area contributed by atoms with E-state index in [1.54, 1.807) is 0 Å². The monoisotopic (exact) mass is 267 g/mol. The number of H-pyrrole nitrogens is 1. The third kappa shape index (κ3) is 2.75. The van der Waals surface area contributed by atoms with Gasteiger partial charge in [0.25, 0.3) is 5.56 Å². The molecule has 5 nitrogen and oxygen atoms in total. The van der Waals surface area contributed by atoms with E-state index in [0.717, 1.165) is 18.6 Å². The van der Waals surface area contributed by atoms with E-state index < -0.39 is 5.56 Å². The van der Waals surface area contributed by atoms with Crippen molar-refractivity contribution in [2.75, 3.05) is 11.5 Å². The largest absolute Gasteiger partial charge is 0.369 e. The standard InChI is InChI=1S/C12H17N3O2S/c1-12(2)5-7(3-4-18-12)9(16)8-6-14-11(13)15-10(8)17/h6-7H,3-5H2,1-2H3,(H3,13,14,15,17). The fourth-order valence-corrected chi connectivity index (χ4v) is 3.53. The number of Topliss-reactive ketones (excluding diaryl/α,β-unsaturated/α-hetero) is 1. The molecule has 1 aliphatic rings. The molecule has 1 aromatic heterocycles. The average molecular weight is 267 g/mol. The Balaban J connectivity index is 2.23. The van der Waals surface area contributed by atoms with Gasteiger partial charge in [-0.3, -0.25) is 14.6 Å². The van der Waals surface area contributed by atoms with E-state index in [2.05, 4.69) is 23.8 Å². The van der Waals surface area contributed by atoms with Crippen LogP contribution in [0.15, 0.2) is 11.0 Å². The molecule has 1 aliphatic heterocycles. The van der Waals surface area contributed by atoms with Gasteiger partial charge < -0.3 is 5.73 Å². The SMILES string of the molecule is CC1(C)CC(C(=O)c2cnc(N)[nH]c2=O)CCS1. The van der Waals surface area contributed by atoms with Crippen molar-refractivity contribution in [3.05, 3.63) is 22.1 Å². The normalized spacial score (nSPS) is 22.7. The fourth-order valence-electron chi connectivity index (χ4n) is 2.26. The van der Waals surface area contributed by atoms with E-state index in [9.17, 15) is 9.59 Å². The van der Waals surface area contributed by atoms with Gasteiger partial charge in [0.1, 0.15) is 5.56 Å². The number of ketones is 1. The molecule has 0 radical (unpaired) electrons. The minimum atomic E-state index is -0.441. The first kappa shape index (κ1) is 13.1. The van der Waals surface area contributed by atoms with E-state index in [0.29, 0.717) is 0 Å². The van der Waals surface area contributed by atoms with Gasteiger partial charge in [0, 0.05) is 16.9 Å². The Labute approximate surface area is 110 Å². The zero-order valence-corrected chi connectivity index (χ0v) is 11.3. The molecule has 2 rings (SSSR count). The van der Waals surface area contributed by atoms with Crippen LogP contribution in [-0.2, 0) is 0 Å². The first-order valence-electron chi connectivity index (χ1n) is 5.92. The second-order valence-electron chi connectivity index (χ2n) is 5.17. The molecular formula is C12H17N3O2S. The third-order valence-corrected chi connectivity index (χ3v) is 4.54. The number of nitrogens with zero attached hydrogens (tertiary/aromatic N) is 1. The zero-order chi connectivity index (χ0) is 13.3. The summed E-state index contributed by atoms with van der Waals surface area (Å²) >= 11 is 1.87. The maximum absolute atomic E-state index is 12.3. The molecule has 1 aromatic rings. The van der Waals surface area contributed by atoms with Crippen LogP contribution < -0.4 is 11.3 Å². The Kier molecular flexibility index (Phi) is 3.47. The quantitative estimate of drug-likeness (QED) is 0.792. The van der Waals surface area contributed by atoms with Crippen LogP contribution in [0.3, 0.4) is 0 Å². The molecule has 3 N–H and O–H groups in total. The second kappa shape index (κ2) is 4.76. The van der Waals surface area contributed by atoms with Gasteiger partial charge in [-0.2, -0.15) is 11.8 Å². The molecule has 0 amide bonds. The van der Waals surface area contributed by atoms with Gasteiger partial charge >= 0.3 is 0 Å². The number of nitrogen functional groups attached to an aromatic ring is 1. The predicted molar refractivity (Wildman–Crippen MR) is 72.9 cm³/mol. The van der Waals surface area contributed by atoms with Crippen LogP contribution in [0.5, 0.6) is 0 Å². The Bertz CT molecular complexity index is 524. The molecule has 1 fully saturated rings. The number of rotatable bonds is 2. The summed E-state index contributed by atoms with van der Waals surface area (Å²) in [5, 5.41) is 0. The van der Waals surface area contributed by atoms with Crippen molar-refractivity contribution in [1.29, 1.82) is 0 Å². The summed E-state index contributed by atoms with van der Waals surface area (Å²) in [7, 11) is 0. The summed E-state index contributed by atoms with van der Waals surface area (Å²) in [4.78, 5) is 30.1. The van der Waals surface area contributed by atoms with E-state index in [1.165, 1.54) is 6.20 Å². The van der Waals surface area contributed by atoms with Crippen molar-refractivity contribution in [3.8, 4) is 0 Å². The number of hydrogen-bond acceptors (Lipinski definition) is 5. The molecule has 1 atom stereocenters. The Morgan fingerprint density at radius 1 is 1.61 bits per heavy atom. The lowest BCUT2D eigenvalue weighted by Gasteiger charge is -2.33. The van der Waals surface area contributed by atoms with Crippen LogP contribution in [0.2, 0.25) is 0 Å². The first-order chi connectivity index (χ1) is 8.39. The summed E-state index contributed by atoms with van der Waals surface area (Å²) < 4.78 is 0.0899. The van der Waals surface area contributed by atoms with Gasteiger partial charge in [0.2, 0.25) is 0 Å². The number of aromatic nitrogens is 2. The van der Waals surface area contributed by atoms with Crippen LogP contribution in [0.4, 0.5) is 5.95 Å². The number of nitrogens with two attached hydrogens (primary N) is 1. The number of carbonyl (C=O) groups excluding carboxylic acids is 1. The van der Waals surface area contributed by atoms with Crippen molar-refractivity contribution in [3.63, 3.8) is 0 Å². The molecule has 1 unspecified atom stereocenters. The van der Waals surface area contributed by atoms with Crippen molar-refractivity contribution >= 4 is 23.5 Å². The maximum atomic E-state index is 12.3. The van der Waals surface area contributed by atoms with Gasteiger partial charge in [0.05, 0.1) is 0 Å². The van der Waals surface area contributed by atoms with Crippen molar-refractivity contribution < 1.29 is 4.79 Å². The summed E-state index contributed by atoms with van der Waals surface area (Å²) in [6.07, 6.45) is 2.89. The van der Waals surface area contributed by atoms with Crippen LogP contribution in [0.1, 0.15) is 37.0 Å². The van der Waals surface area contributed by atoms with Gasteiger partial charge in [-0.1, -0.05) is 13.8 Å². The maximum Gasteiger partial charge on any atom is 0.263 e. The lowest BCUT2D eigenvalue weighted by atomic mass is 9.87. The minimum Gasteiger partial charge on any atom is -0.369 e. The van der Waals surface area contributed by atoms with Crippen molar-refractivity contribution in [2.45, 2.75) is 31.4 Å². The molecule has 6 heteroatoms. The van der Waals surface area contributed by atoms with E-state index in [-0.39, 0.29) is 28.0 Å². The highest BCUT2D eigenvalue weighted by molar-refractivity contribution is 8.00. The van der Waals surface area contributed by atoms with Gasteiger partial charge in [0.15, 0.2) is 11.7 Å². The molecule has 98 valence electrons. The molecule has 0 spiro atoms. The van der Waals surface area contributed by atoms with E-state index in [4.69, 9.17) is 5.73 Å². The van der Waals surface area contributed by atoms with Gasteiger partial charge in [-0.25, -0.2) is 4.98 Å². The molecule has 18 heavy (non-hydrogen) atoms. The summed E-state index contributed by atoms with van der Waals surface area (Å²) in [5.41, 5.74) is 5.05. The summed E-state index contributed by atoms with van der Waals surface area (Å²) in [6, 6.07) is 0. The van der Waals surface area contributed by atoms with Gasteiger partial charge in [-0.15, -0.1) is 0 Å². The number of hydrogen-bond donors (Lipinski definition) is 2. The molecule has 0 aliphatic carbocycles.